The molecule has 5 rings (SSSR count). The Kier molecular flexibility index (Phi) is 9.75. The van der Waals surface area contributed by atoms with Crippen LogP contribution in [0.5, 0.6) is 28.7 Å². The van der Waals surface area contributed by atoms with Crippen molar-refractivity contribution in [3.05, 3.63) is 78.2 Å². The number of benzene rings is 3. The number of hydrogen-bond acceptors (Lipinski definition) is 8. The van der Waals surface area contributed by atoms with Crippen LogP contribution >= 0.6 is 0 Å². The molecule has 0 unspecified atom stereocenters. The van der Waals surface area contributed by atoms with Crippen LogP contribution in [0.1, 0.15) is 18.4 Å². The maximum Gasteiger partial charge on any atom is 0.313 e. The predicted molar refractivity (Wildman–Crippen MR) is 164 cm³/mol. The fourth-order valence-electron chi connectivity index (χ4n) is 4.90. The molecule has 2 N–H and O–H groups in total. The monoisotopic (exact) mass is 602 g/mol. The molecule has 1 aliphatic rings. The molecule has 11 heteroatoms. The summed E-state index contributed by atoms with van der Waals surface area (Å²) in [6, 6.07) is 16.2. The van der Waals surface area contributed by atoms with E-state index in [2.05, 4.69) is 27.6 Å². The first-order valence-corrected chi connectivity index (χ1v) is 14.3. The Morgan fingerprint density at radius 3 is 2.39 bits per heavy atom. The number of carbonyl (C=O) groups excluding carboxylic acids is 2. The van der Waals surface area contributed by atoms with Crippen molar-refractivity contribution in [2.24, 2.45) is 5.92 Å². The maximum atomic E-state index is 15.1. The van der Waals surface area contributed by atoms with Crippen LogP contribution in [0.15, 0.2) is 66.9 Å². The van der Waals surface area contributed by atoms with E-state index in [9.17, 15) is 9.59 Å². The number of carbonyl (C=O) groups is 2. The van der Waals surface area contributed by atoms with Crippen LogP contribution in [0.2, 0.25) is 0 Å². The van der Waals surface area contributed by atoms with Crippen LogP contribution in [-0.2, 0) is 16.1 Å². The number of likely N-dealkylation sites (tertiary alicyclic amines) is 1. The first kappa shape index (κ1) is 30.6. The Bertz CT molecular complexity index is 1620. The Morgan fingerprint density at radius 2 is 1.68 bits per heavy atom. The number of pyridine rings is 1. The third-order valence-electron chi connectivity index (χ3n) is 7.53. The van der Waals surface area contributed by atoms with Crippen LogP contribution in [0.25, 0.3) is 10.9 Å². The molecule has 4 aromatic rings. The minimum Gasteiger partial charge on any atom is -0.497 e. The molecule has 0 radical (unpaired) electrons. The van der Waals surface area contributed by atoms with Gasteiger partial charge in [0.2, 0.25) is 0 Å². The number of anilines is 1. The molecule has 10 nitrogen and oxygen atoms in total. The minimum absolute atomic E-state index is 0.0685. The van der Waals surface area contributed by atoms with Crippen LogP contribution in [0.4, 0.5) is 10.1 Å². The molecular weight excluding hydrogens is 567 g/mol. The highest BCUT2D eigenvalue weighted by Crippen LogP contribution is 2.38. The van der Waals surface area contributed by atoms with E-state index in [1.54, 1.807) is 62.9 Å². The molecule has 0 bridgehead atoms. The zero-order valence-corrected chi connectivity index (χ0v) is 24.9. The molecule has 2 heterocycles. The summed E-state index contributed by atoms with van der Waals surface area (Å²) in [7, 11) is 5.25. The SMILES string of the molecule is COc1ccc(CNC(=O)C(=O)Nc2ccc(Oc3ccnc4cc(OCC5CCN(C)CC5)c(OC)cc34)c(F)c2)cc1. The number of piperidine rings is 1. The van der Waals surface area contributed by atoms with Crippen LogP contribution in [-0.4, -0.2) is 62.7 Å². The van der Waals surface area contributed by atoms with E-state index in [0.717, 1.165) is 37.6 Å². The van der Waals surface area contributed by atoms with E-state index in [1.807, 2.05) is 0 Å². The van der Waals surface area contributed by atoms with Gasteiger partial charge in [-0.1, -0.05) is 12.1 Å². The summed E-state index contributed by atoms with van der Waals surface area (Å²) in [4.78, 5) is 31.4. The van der Waals surface area contributed by atoms with E-state index in [-0.39, 0.29) is 18.0 Å². The topological polar surface area (TPSA) is 111 Å². The first-order valence-electron chi connectivity index (χ1n) is 14.3. The maximum absolute atomic E-state index is 15.1. The summed E-state index contributed by atoms with van der Waals surface area (Å²) < 4.78 is 37.8. The average molecular weight is 603 g/mol. The summed E-state index contributed by atoms with van der Waals surface area (Å²) >= 11 is 0. The van der Waals surface area contributed by atoms with Crippen molar-refractivity contribution in [3.63, 3.8) is 0 Å². The number of amides is 2. The molecule has 1 aliphatic heterocycles. The van der Waals surface area contributed by atoms with Crippen LogP contribution in [0, 0.1) is 11.7 Å². The van der Waals surface area contributed by atoms with Gasteiger partial charge in [0.1, 0.15) is 11.5 Å². The number of ether oxygens (including phenoxy) is 4. The lowest BCUT2D eigenvalue weighted by Gasteiger charge is -2.28. The molecule has 44 heavy (non-hydrogen) atoms. The van der Waals surface area contributed by atoms with Crippen molar-refractivity contribution in [3.8, 4) is 28.7 Å². The van der Waals surface area contributed by atoms with Gasteiger partial charge in [-0.2, -0.15) is 0 Å². The largest absolute Gasteiger partial charge is 0.497 e. The lowest BCUT2D eigenvalue weighted by atomic mass is 9.98. The van der Waals surface area contributed by atoms with Gasteiger partial charge in [-0.25, -0.2) is 4.39 Å². The smallest absolute Gasteiger partial charge is 0.313 e. The Balaban J connectivity index is 1.22. The van der Waals surface area contributed by atoms with Crippen LogP contribution < -0.4 is 29.6 Å². The molecule has 2 amide bonds. The average Bonchev–Trinajstić information content (AvgIpc) is 3.04. The lowest BCUT2D eigenvalue weighted by Crippen LogP contribution is -2.34. The summed E-state index contributed by atoms with van der Waals surface area (Å²) in [5.74, 6) is 0.0532. The molecule has 1 saturated heterocycles. The number of nitrogens with zero attached hydrogens (tertiary/aromatic N) is 2. The zero-order valence-electron chi connectivity index (χ0n) is 24.9. The van der Waals surface area contributed by atoms with E-state index in [1.165, 1.54) is 12.1 Å². The van der Waals surface area contributed by atoms with Crippen molar-refractivity contribution < 1.29 is 32.9 Å². The summed E-state index contributed by atoms with van der Waals surface area (Å²) in [6.45, 7) is 2.84. The summed E-state index contributed by atoms with van der Waals surface area (Å²) in [5, 5.41) is 5.55. The Labute approximate surface area is 255 Å². The van der Waals surface area contributed by atoms with Gasteiger partial charge in [0.15, 0.2) is 23.1 Å². The van der Waals surface area contributed by atoms with Gasteiger partial charge in [0.05, 0.1) is 26.3 Å². The first-order chi connectivity index (χ1) is 21.3. The second kappa shape index (κ2) is 14.0. The Hall–Kier alpha value is -4.90. The van der Waals surface area contributed by atoms with Gasteiger partial charge in [-0.15, -0.1) is 0 Å². The van der Waals surface area contributed by atoms with Crippen LogP contribution in [0.3, 0.4) is 0 Å². The number of rotatable bonds is 10. The number of methoxy groups -OCH3 is 2. The predicted octanol–water partition coefficient (Wildman–Crippen LogP) is 5.16. The minimum atomic E-state index is -0.923. The van der Waals surface area contributed by atoms with Gasteiger partial charge < -0.3 is 34.5 Å². The van der Waals surface area contributed by atoms with Gasteiger partial charge in [-0.3, -0.25) is 14.6 Å². The van der Waals surface area contributed by atoms with Gasteiger partial charge in [0, 0.05) is 35.9 Å². The highest BCUT2D eigenvalue weighted by Gasteiger charge is 2.20. The third kappa shape index (κ3) is 7.54. The summed E-state index contributed by atoms with van der Waals surface area (Å²) in [6.07, 6.45) is 3.73. The molecule has 0 spiro atoms. The van der Waals surface area contributed by atoms with Crippen molar-refractivity contribution in [1.29, 1.82) is 0 Å². The van der Waals surface area contributed by atoms with E-state index < -0.39 is 17.6 Å². The van der Waals surface area contributed by atoms with Crippen molar-refractivity contribution in [1.82, 2.24) is 15.2 Å². The van der Waals surface area contributed by atoms with Crippen molar-refractivity contribution in [2.45, 2.75) is 19.4 Å². The molecule has 1 aromatic heterocycles. The molecule has 0 aliphatic carbocycles. The van der Waals surface area contributed by atoms with Gasteiger partial charge in [-0.05, 0) is 80.9 Å². The second-order valence-electron chi connectivity index (χ2n) is 10.6. The molecule has 0 atom stereocenters. The van der Waals surface area contributed by atoms with E-state index in [0.29, 0.717) is 46.4 Å². The molecule has 0 saturated carbocycles. The molecule has 1 fully saturated rings. The van der Waals surface area contributed by atoms with Gasteiger partial charge >= 0.3 is 11.8 Å². The van der Waals surface area contributed by atoms with Gasteiger partial charge in [0.25, 0.3) is 0 Å². The molecular formula is C33H35FN4O6. The van der Waals surface area contributed by atoms with Crippen molar-refractivity contribution >= 4 is 28.4 Å². The lowest BCUT2D eigenvalue weighted by molar-refractivity contribution is -0.136. The third-order valence-corrected chi connectivity index (χ3v) is 7.53. The Morgan fingerprint density at radius 1 is 0.909 bits per heavy atom. The standard InChI is InChI=1S/C33H35FN4O6/c1-38-14-11-22(12-15-38)20-43-31-18-27-25(17-30(31)42-3)28(10-13-35-27)44-29-9-6-23(16-26(29)34)37-33(40)32(39)36-19-21-4-7-24(41-2)8-5-21/h4-10,13,16-18,22H,11-12,14-15,19-20H2,1-3H3,(H,36,39)(H,37,40). The zero-order chi connectivity index (χ0) is 31.1. The number of halogens is 1. The normalized spacial score (nSPS) is 13.7. The summed E-state index contributed by atoms with van der Waals surface area (Å²) in [5.41, 5.74) is 1.50. The number of aromatic nitrogens is 1. The highest BCUT2D eigenvalue weighted by molar-refractivity contribution is 6.39. The van der Waals surface area contributed by atoms with E-state index >= 15 is 4.39 Å². The number of nitrogens with one attached hydrogen (secondary N) is 2. The fourth-order valence-corrected chi connectivity index (χ4v) is 4.90. The van der Waals surface area contributed by atoms with E-state index in [4.69, 9.17) is 18.9 Å². The highest BCUT2D eigenvalue weighted by atomic mass is 19.1. The number of fused-ring (bicyclic) bond motifs is 1. The quantitative estimate of drug-likeness (QED) is 0.240. The second-order valence-corrected chi connectivity index (χ2v) is 10.6. The molecule has 3 aromatic carbocycles. The van der Waals surface area contributed by atoms with Crippen molar-refractivity contribution in [2.75, 3.05) is 46.3 Å². The number of hydrogen-bond donors (Lipinski definition) is 2. The molecule has 230 valence electrons. The fraction of sp³-hybridized carbons (Fsp3) is 0.303.